The van der Waals surface area contributed by atoms with Gasteiger partial charge >= 0.3 is 0 Å². The van der Waals surface area contributed by atoms with Crippen molar-refractivity contribution in [1.82, 2.24) is 15.1 Å². The summed E-state index contributed by atoms with van der Waals surface area (Å²) in [6, 6.07) is 16.4. The number of amides is 1. The van der Waals surface area contributed by atoms with Crippen LogP contribution in [-0.4, -0.2) is 55.5 Å². The molecule has 168 valence electrons. The summed E-state index contributed by atoms with van der Waals surface area (Å²) < 4.78 is 19.3. The molecule has 5 nitrogen and oxygen atoms in total. The van der Waals surface area contributed by atoms with Gasteiger partial charge in [-0.15, -0.1) is 11.3 Å². The summed E-state index contributed by atoms with van der Waals surface area (Å²) in [6.45, 7) is 5.25. The van der Waals surface area contributed by atoms with Gasteiger partial charge in [-0.2, -0.15) is 0 Å². The third kappa shape index (κ3) is 6.16. The Morgan fingerprint density at radius 2 is 1.81 bits per heavy atom. The van der Waals surface area contributed by atoms with E-state index in [1.54, 1.807) is 23.5 Å². The molecule has 1 saturated heterocycles. The minimum atomic E-state index is -0.250. The lowest BCUT2D eigenvalue weighted by Crippen LogP contribution is -2.43. The van der Waals surface area contributed by atoms with Gasteiger partial charge in [0.25, 0.3) is 5.91 Å². The van der Waals surface area contributed by atoms with Gasteiger partial charge in [0.05, 0.1) is 6.54 Å². The SMILES string of the molecule is CN1CCN(Cc2cc(-c3ccc(F)cc3)ccc2OCC(=O)NCc2cccs2)CC1. The Labute approximate surface area is 192 Å². The number of benzene rings is 2. The van der Waals surface area contributed by atoms with Crippen LogP contribution < -0.4 is 10.1 Å². The zero-order valence-corrected chi connectivity index (χ0v) is 19.0. The van der Waals surface area contributed by atoms with Crippen molar-refractivity contribution >= 4 is 17.2 Å². The smallest absolute Gasteiger partial charge is 0.258 e. The second kappa shape index (κ2) is 10.7. The van der Waals surface area contributed by atoms with E-state index in [1.807, 2.05) is 29.6 Å². The number of likely N-dealkylation sites (N-methyl/N-ethyl adjacent to an activating group) is 1. The van der Waals surface area contributed by atoms with E-state index in [2.05, 4.69) is 28.2 Å². The maximum absolute atomic E-state index is 13.3. The first-order valence-electron chi connectivity index (χ1n) is 10.8. The first-order chi connectivity index (χ1) is 15.6. The zero-order chi connectivity index (χ0) is 22.3. The predicted molar refractivity (Wildman–Crippen MR) is 126 cm³/mol. The Kier molecular flexibility index (Phi) is 7.52. The number of hydrogen-bond donors (Lipinski definition) is 1. The molecule has 3 aromatic rings. The number of thiophene rings is 1. The van der Waals surface area contributed by atoms with Gasteiger partial charge in [-0.1, -0.05) is 24.3 Å². The van der Waals surface area contributed by atoms with Gasteiger partial charge in [0.15, 0.2) is 6.61 Å². The van der Waals surface area contributed by atoms with Gasteiger partial charge in [0, 0.05) is 43.2 Å². The number of hydrogen-bond acceptors (Lipinski definition) is 5. The third-order valence-corrected chi connectivity index (χ3v) is 6.50. The number of piperazine rings is 1. The van der Waals surface area contributed by atoms with Crippen molar-refractivity contribution in [1.29, 1.82) is 0 Å². The number of nitrogens with zero attached hydrogens (tertiary/aromatic N) is 2. The van der Waals surface area contributed by atoms with Crippen LogP contribution in [0.2, 0.25) is 0 Å². The van der Waals surface area contributed by atoms with Crippen molar-refractivity contribution in [3.05, 3.63) is 76.2 Å². The van der Waals surface area contributed by atoms with Crippen LogP contribution in [0.3, 0.4) is 0 Å². The summed E-state index contributed by atoms with van der Waals surface area (Å²) >= 11 is 1.61. The van der Waals surface area contributed by atoms with Crippen LogP contribution in [0.15, 0.2) is 60.0 Å². The van der Waals surface area contributed by atoms with Gasteiger partial charge in [0.2, 0.25) is 0 Å². The summed E-state index contributed by atoms with van der Waals surface area (Å²) in [5.74, 6) is 0.313. The van der Waals surface area contributed by atoms with Crippen LogP contribution in [0, 0.1) is 5.82 Å². The number of carbonyl (C=O) groups is 1. The molecule has 7 heteroatoms. The molecule has 1 amide bonds. The molecule has 1 fully saturated rings. The fourth-order valence-corrected chi connectivity index (χ4v) is 4.35. The van der Waals surface area contributed by atoms with E-state index in [-0.39, 0.29) is 18.3 Å². The van der Waals surface area contributed by atoms with Crippen molar-refractivity contribution in [3.8, 4) is 16.9 Å². The van der Waals surface area contributed by atoms with E-state index in [1.165, 1.54) is 12.1 Å². The van der Waals surface area contributed by atoms with Crippen molar-refractivity contribution in [3.63, 3.8) is 0 Å². The molecule has 1 N–H and O–H groups in total. The predicted octanol–water partition coefficient (Wildman–Crippen LogP) is 4.00. The number of nitrogens with one attached hydrogen (secondary N) is 1. The number of carbonyl (C=O) groups excluding carboxylic acids is 1. The van der Waals surface area contributed by atoms with Crippen LogP contribution in [-0.2, 0) is 17.9 Å². The monoisotopic (exact) mass is 453 g/mol. The average molecular weight is 454 g/mol. The van der Waals surface area contributed by atoms with E-state index in [0.717, 1.165) is 54.3 Å². The van der Waals surface area contributed by atoms with Gasteiger partial charge in [-0.05, 0) is 53.9 Å². The lowest BCUT2D eigenvalue weighted by molar-refractivity contribution is -0.123. The molecule has 4 rings (SSSR count). The Hall–Kier alpha value is -2.74. The number of halogens is 1. The number of ether oxygens (including phenoxy) is 1. The highest BCUT2D eigenvalue weighted by Gasteiger charge is 2.17. The topological polar surface area (TPSA) is 44.8 Å². The maximum atomic E-state index is 13.3. The molecular weight excluding hydrogens is 425 g/mol. The third-order valence-electron chi connectivity index (χ3n) is 5.63. The van der Waals surface area contributed by atoms with Crippen molar-refractivity contribution in [2.24, 2.45) is 0 Å². The molecule has 1 aromatic heterocycles. The highest BCUT2D eigenvalue weighted by molar-refractivity contribution is 7.09. The molecule has 0 spiro atoms. The first kappa shape index (κ1) is 22.5. The second-order valence-electron chi connectivity index (χ2n) is 8.05. The van der Waals surface area contributed by atoms with Crippen molar-refractivity contribution < 1.29 is 13.9 Å². The zero-order valence-electron chi connectivity index (χ0n) is 18.2. The summed E-state index contributed by atoms with van der Waals surface area (Å²) in [6.07, 6.45) is 0. The van der Waals surface area contributed by atoms with Crippen molar-refractivity contribution in [2.45, 2.75) is 13.1 Å². The van der Waals surface area contributed by atoms with E-state index >= 15 is 0 Å². The summed E-state index contributed by atoms with van der Waals surface area (Å²) in [7, 11) is 2.13. The fraction of sp³-hybridized carbons (Fsp3) is 0.320. The van der Waals surface area contributed by atoms with Crippen LogP contribution in [0.5, 0.6) is 5.75 Å². The molecule has 1 aliphatic heterocycles. The number of rotatable bonds is 8. The molecule has 0 bridgehead atoms. The van der Waals surface area contributed by atoms with Crippen LogP contribution in [0.4, 0.5) is 4.39 Å². The Balaban J connectivity index is 1.46. The molecule has 2 heterocycles. The molecule has 0 unspecified atom stereocenters. The summed E-state index contributed by atoms with van der Waals surface area (Å²) in [4.78, 5) is 18.1. The lowest BCUT2D eigenvalue weighted by Gasteiger charge is -2.32. The average Bonchev–Trinajstić information content (AvgIpc) is 3.33. The van der Waals surface area contributed by atoms with E-state index in [9.17, 15) is 9.18 Å². The standard InChI is InChI=1S/C25H28FN3O2S/c1-28-10-12-29(13-11-28)17-21-15-20(19-4-7-22(26)8-5-19)6-9-24(21)31-18-25(30)27-16-23-3-2-14-32-23/h2-9,14-15H,10-13,16-18H2,1H3,(H,27,30). The van der Waals surface area contributed by atoms with Gasteiger partial charge in [-0.25, -0.2) is 4.39 Å². The second-order valence-corrected chi connectivity index (χ2v) is 9.09. The summed E-state index contributed by atoms with van der Waals surface area (Å²) in [5.41, 5.74) is 2.98. The van der Waals surface area contributed by atoms with E-state index in [4.69, 9.17) is 4.74 Å². The molecule has 0 atom stereocenters. The first-order valence-corrected chi connectivity index (χ1v) is 11.7. The Morgan fingerprint density at radius 1 is 1.06 bits per heavy atom. The van der Waals surface area contributed by atoms with Crippen LogP contribution in [0.25, 0.3) is 11.1 Å². The molecule has 0 aliphatic carbocycles. The normalized spacial score (nSPS) is 14.9. The van der Waals surface area contributed by atoms with Gasteiger partial charge < -0.3 is 15.0 Å². The largest absolute Gasteiger partial charge is 0.483 e. The van der Waals surface area contributed by atoms with Gasteiger partial charge in [-0.3, -0.25) is 9.69 Å². The van der Waals surface area contributed by atoms with E-state index < -0.39 is 0 Å². The highest BCUT2D eigenvalue weighted by atomic mass is 32.1. The molecule has 32 heavy (non-hydrogen) atoms. The van der Waals surface area contributed by atoms with E-state index in [0.29, 0.717) is 12.3 Å². The highest BCUT2D eigenvalue weighted by Crippen LogP contribution is 2.28. The maximum Gasteiger partial charge on any atom is 0.258 e. The summed E-state index contributed by atoms with van der Waals surface area (Å²) in [5, 5.41) is 4.89. The van der Waals surface area contributed by atoms with Crippen molar-refractivity contribution in [2.75, 3.05) is 39.8 Å². The molecule has 1 aliphatic rings. The Bertz CT molecular complexity index is 1020. The minimum absolute atomic E-state index is 0.0307. The minimum Gasteiger partial charge on any atom is -0.483 e. The fourth-order valence-electron chi connectivity index (χ4n) is 3.71. The van der Waals surface area contributed by atoms with Crippen LogP contribution >= 0.6 is 11.3 Å². The molecule has 2 aromatic carbocycles. The molecule has 0 saturated carbocycles. The molecule has 0 radical (unpaired) electrons. The lowest BCUT2D eigenvalue weighted by atomic mass is 10.0. The molecular formula is C25H28FN3O2S. The van der Waals surface area contributed by atoms with Crippen LogP contribution in [0.1, 0.15) is 10.4 Å². The Morgan fingerprint density at radius 3 is 2.53 bits per heavy atom. The quantitative estimate of drug-likeness (QED) is 0.560. The van der Waals surface area contributed by atoms with Gasteiger partial charge in [0.1, 0.15) is 11.6 Å².